The van der Waals surface area contributed by atoms with E-state index in [-0.39, 0.29) is 17.2 Å². The summed E-state index contributed by atoms with van der Waals surface area (Å²) in [6.07, 6.45) is 1.41. The SMILES string of the molecule is CC1(C)CC(=O)C2=C(C1)Nc1ccccc1N[C@H]2c1c2ccccc2cc2ccccc12. The molecule has 0 saturated carbocycles. The summed E-state index contributed by atoms with van der Waals surface area (Å²) in [6, 6.07) is 27.3. The lowest BCUT2D eigenvalue weighted by Crippen LogP contribution is -2.31. The highest BCUT2D eigenvalue weighted by molar-refractivity contribution is 6.07. The van der Waals surface area contributed by atoms with Crippen LogP contribution >= 0.6 is 0 Å². The zero-order chi connectivity index (χ0) is 21.9. The number of carbonyl (C=O) groups is 1. The third-order valence-corrected chi connectivity index (χ3v) is 6.82. The van der Waals surface area contributed by atoms with Crippen molar-refractivity contribution in [2.75, 3.05) is 10.6 Å². The number of hydrogen-bond acceptors (Lipinski definition) is 3. The molecule has 4 aromatic rings. The summed E-state index contributed by atoms with van der Waals surface area (Å²) in [6.45, 7) is 4.37. The molecule has 0 aromatic heterocycles. The highest BCUT2D eigenvalue weighted by Crippen LogP contribution is 2.47. The first-order chi connectivity index (χ1) is 15.5. The van der Waals surface area contributed by atoms with E-state index in [0.717, 1.165) is 29.1 Å². The van der Waals surface area contributed by atoms with Crippen LogP contribution in [0, 0.1) is 5.41 Å². The van der Waals surface area contributed by atoms with Gasteiger partial charge >= 0.3 is 0 Å². The first kappa shape index (κ1) is 19.1. The summed E-state index contributed by atoms with van der Waals surface area (Å²) in [5, 5.41) is 12.2. The molecule has 0 radical (unpaired) electrons. The molecule has 0 bridgehead atoms. The van der Waals surface area contributed by atoms with E-state index in [0.29, 0.717) is 6.42 Å². The van der Waals surface area contributed by atoms with E-state index in [1.807, 2.05) is 12.1 Å². The number of Topliss-reactive ketones (excluding diaryl/α,β-unsaturated/α-hetero) is 1. The summed E-state index contributed by atoms with van der Waals surface area (Å²) in [5.74, 6) is 0.228. The summed E-state index contributed by atoms with van der Waals surface area (Å²) < 4.78 is 0. The van der Waals surface area contributed by atoms with Crippen LogP contribution in [0.4, 0.5) is 11.4 Å². The minimum absolute atomic E-state index is 0.0619. The fourth-order valence-electron chi connectivity index (χ4n) is 5.47. The Balaban J connectivity index is 1.70. The van der Waals surface area contributed by atoms with E-state index < -0.39 is 0 Å². The van der Waals surface area contributed by atoms with Gasteiger partial charge in [-0.1, -0.05) is 74.5 Å². The maximum atomic E-state index is 13.7. The number of carbonyl (C=O) groups excluding carboxylic acids is 1. The molecule has 0 saturated heterocycles. The van der Waals surface area contributed by atoms with Crippen molar-refractivity contribution in [1.29, 1.82) is 0 Å². The molecule has 158 valence electrons. The molecule has 1 atom stereocenters. The Bertz CT molecular complexity index is 1380. The minimum atomic E-state index is -0.222. The molecule has 0 fully saturated rings. The number of hydrogen-bond donors (Lipinski definition) is 2. The van der Waals surface area contributed by atoms with E-state index in [4.69, 9.17) is 0 Å². The highest BCUT2D eigenvalue weighted by atomic mass is 16.1. The molecule has 1 aliphatic carbocycles. The number of nitrogens with one attached hydrogen (secondary N) is 2. The predicted octanol–water partition coefficient (Wildman–Crippen LogP) is 7.21. The molecule has 4 aromatic carbocycles. The van der Waals surface area contributed by atoms with Gasteiger partial charge < -0.3 is 10.6 Å². The predicted molar refractivity (Wildman–Crippen MR) is 133 cm³/mol. The van der Waals surface area contributed by atoms with Gasteiger partial charge in [0, 0.05) is 17.7 Å². The number of benzene rings is 4. The van der Waals surface area contributed by atoms with Crippen LogP contribution in [0.3, 0.4) is 0 Å². The van der Waals surface area contributed by atoms with Gasteiger partial charge in [0.05, 0.1) is 17.4 Å². The molecule has 6 rings (SSSR count). The lowest BCUT2D eigenvalue weighted by atomic mass is 9.73. The normalized spacial score (nSPS) is 19.7. The molecule has 2 N–H and O–H groups in total. The van der Waals surface area contributed by atoms with Crippen LogP contribution < -0.4 is 10.6 Å². The largest absolute Gasteiger partial charge is 0.372 e. The third kappa shape index (κ3) is 3.00. The van der Waals surface area contributed by atoms with Gasteiger partial charge in [0.2, 0.25) is 0 Å². The molecule has 0 unspecified atom stereocenters. The van der Waals surface area contributed by atoms with E-state index in [2.05, 4.69) is 91.2 Å². The lowest BCUT2D eigenvalue weighted by molar-refractivity contribution is -0.118. The monoisotopic (exact) mass is 418 g/mol. The molecule has 3 heteroatoms. The number of allylic oxidation sites excluding steroid dienone is 1. The van der Waals surface area contributed by atoms with Crippen molar-refractivity contribution < 1.29 is 4.79 Å². The van der Waals surface area contributed by atoms with Crippen molar-refractivity contribution in [2.24, 2.45) is 5.41 Å². The molecule has 1 aliphatic heterocycles. The van der Waals surface area contributed by atoms with Gasteiger partial charge in [0.25, 0.3) is 0 Å². The molecule has 0 spiro atoms. The Morgan fingerprint density at radius 1 is 0.781 bits per heavy atom. The second kappa shape index (κ2) is 6.96. The first-order valence-electron chi connectivity index (χ1n) is 11.3. The molecule has 2 aliphatic rings. The van der Waals surface area contributed by atoms with Gasteiger partial charge in [-0.05, 0) is 57.1 Å². The maximum Gasteiger partial charge on any atom is 0.163 e. The maximum absolute atomic E-state index is 13.7. The Morgan fingerprint density at radius 3 is 2.06 bits per heavy atom. The molecule has 1 heterocycles. The van der Waals surface area contributed by atoms with Gasteiger partial charge in [-0.3, -0.25) is 4.79 Å². The van der Waals surface area contributed by atoms with E-state index in [1.54, 1.807) is 0 Å². The van der Waals surface area contributed by atoms with E-state index in [9.17, 15) is 4.79 Å². The standard InChI is InChI=1S/C29H26N2O/c1-29(2)16-24-27(25(32)17-29)28(31-23-14-8-7-13-22(23)30-24)26-20-11-5-3-9-18(20)15-19-10-4-6-12-21(19)26/h3-15,28,30-31H,16-17H2,1-2H3/t28-/m0/s1. The van der Waals surface area contributed by atoms with Crippen molar-refractivity contribution in [3.05, 3.63) is 95.7 Å². The smallest absolute Gasteiger partial charge is 0.163 e. The van der Waals surface area contributed by atoms with Gasteiger partial charge in [-0.25, -0.2) is 0 Å². The van der Waals surface area contributed by atoms with Gasteiger partial charge in [0.15, 0.2) is 5.78 Å². The fourth-order valence-corrected chi connectivity index (χ4v) is 5.47. The average Bonchev–Trinajstić information content (AvgIpc) is 2.93. The molecule has 0 amide bonds. The van der Waals surface area contributed by atoms with Crippen LogP contribution in [0.2, 0.25) is 0 Å². The average molecular weight is 419 g/mol. The summed E-state index contributed by atoms with van der Waals surface area (Å²) in [5.41, 5.74) is 5.09. The van der Waals surface area contributed by atoms with Crippen LogP contribution in [0.15, 0.2) is 90.1 Å². The summed E-state index contributed by atoms with van der Waals surface area (Å²) >= 11 is 0. The number of fused-ring (bicyclic) bond motifs is 3. The minimum Gasteiger partial charge on any atom is -0.372 e. The molecule has 32 heavy (non-hydrogen) atoms. The van der Waals surface area contributed by atoms with Gasteiger partial charge in [-0.2, -0.15) is 0 Å². The van der Waals surface area contributed by atoms with Gasteiger partial charge in [-0.15, -0.1) is 0 Å². The van der Waals surface area contributed by atoms with Crippen molar-refractivity contribution in [3.8, 4) is 0 Å². The van der Waals surface area contributed by atoms with Crippen LogP contribution in [-0.4, -0.2) is 5.78 Å². The Morgan fingerprint density at radius 2 is 1.38 bits per heavy atom. The quantitative estimate of drug-likeness (QED) is 0.321. The second-order valence-electron chi connectivity index (χ2n) is 9.81. The Labute approximate surface area is 188 Å². The molecule has 3 nitrogen and oxygen atoms in total. The Hall–Kier alpha value is -3.59. The summed E-state index contributed by atoms with van der Waals surface area (Å²) in [4.78, 5) is 13.7. The first-order valence-corrected chi connectivity index (χ1v) is 11.3. The van der Waals surface area contributed by atoms with Crippen molar-refractivity contribution in [2.45, 2.75) is 32.7 Å². The van der Waals surface area contributed by atoms with Crippen LogP contribution in [0.1, 0.15) is 38.3 Å². The zero-order valence-electron chi connectivity index (χ0n) is 18.4. The van der Waals surface area contributed by atoms with Crippen molar-refractivity contribution in [3.63, 3.8) is 0 Å². The highest BCUT2D eigenvalue weighted by Gasteiger charge is 2.39. The third-order valence-electron chi connectivity index (χ3n) is 6.82. The van der Waals surface area contributed by atoms with Crippen molar-refractivity contribution in [1.82, 2.24) is 0 Å². The number of ketones is 1. The van der Waals surface area contributed by atoms with Crippen molar-refractivity contribution >= 4 is 38.7 Å². The number of rotatable bonds is 1. The van der Waals surface area contributed by atoms with Crippen LogP contribution in [0.25, 0.3) is 21.5 Å². The second-order valence-corrected chi connectivity index (χ2v) is 9.81. The van der Waals surface area contributed by atoms with Crippen LogP contribution in [-0.2, 0) is 4.79 Å². The topological polar surface area (TPSA) is 41.1 Å². The number of anilines is 2. The fraction of sp³-hybridized carbons (Fsp3) is 0.207. The molecular formula is C29H26N2O. The molecular weight excluding hydrogens is 392 g/mol. The van der Waals surface area contributed by atoms with Gasteiger partial charge in [0.1, 0.15) is 0 Å². The van der Waals surface area contributed by atoms with E-state index >= 15 is 0 Å². The zero-order valence-corrected chi connectivity index (χ0v) is 18.4. The van der Waals surface area contributed by atoms with Crippen LogP contribution in [0.5, 0.6) is 0 Å². The lowest BCUT2D eigenvalue weighted by Gasteiger charge is -2.34. The Kier molecular flexibility index (Phi) is 4.16. The van der Waals surface area contributed by atoms with E-state index in [1.165, 1.54) is 27.1 Å². The summed E-state index contributed by atoms with van der Waals surface area (Å²) in [7, 11) is 0. The number of para-hydroxylation sites is 2.